The fourth-order valence-electron chi connectivity index (χ4n) is 2.89. The van der Waals surface area contributed by atoms with Gasteiger partial charge in [0.05, 0.1) is 0 Å². The quantitative estimate of drug-likeness (QED) is 0.906. The predicted molar refractivity (Wildman–Crippen MR) is 84.0 cm³/mol. The van der Waals surface area contributed by atoms with Gasteiger partial charge in [-0.15, -0.1) is 0 Å². The highest BCUT2D eigenvalue weighted by Crippen LogP contribution is 2.26. The van der Waals surface area contributed by atoms with E-state index in [0.29, 0.717) is 18.3 Å². The van der Waals surface area contributed by atoms with Crippen LogP contribution < -0.4 is 10.5 Å². The summed E-state index contributed by atoms with van der Waals surface area (Å²) in [5, 5.41) is 0. The molecule has 4 nitrogen and oxygen atoms in total. The highest BCUT2D eigenvalue weighted by atomic mass is 16.5. The molecule has 1 aliphatic rings. The van der Waals surface area contributed by atoms with Crippen LogP contribution in [0.2, 0.25) is 0 Å². The highest BCUT2D eigenvalue weighted by molar-refractivity contribution is 5.77. The van der Waals surface area contributed by atoms with Gasteiger partial charge in [0.2, 0.25) is 0 Å². The molecule has 0 bridgehead atoms. The molecule has 21 heavy (non-hydrogen) atoms. The Morgan fingerprint density at radius 1 is 1.29 bits per heavy atom. The van der Waals surface area contributed by atoms with Crippen LogP contribution in [0, 0.1) is 5.92 Å². The van der Waals surface area contributed by atoms with E-state index >= 15 is 0 Å². The van der Waals surface area contributed by atoms with E-state index in [1.165, 1.54) is 12.8 Å². The SMILES string of the molecule is CC1CCC(N(C)C(=O)COc2ccccc2CN)CC1. The molecule has 0 saturated heterocycles. The minimum absolute atomic E-state index is 0.0429. The van der Waals surface area contributed by atoms with Crippen LogP contribution in [0.1, 0.15) is 38.2 Å². The Bertz CT molecular complexity index is 468. The lowest BCUT2D eigenvalue weighted by molar-refractivity contribution is -0.134. The van der Waals surface area contributed by atoms with Crippen molar-refractivity contribution in [3.05, 3.63) is 29.8 Å². The molecule has 1 aromatic carbocycles. The number of nitrogens with two attached hydrogens (primary N) is 1. The predicted octanol–water partition coefficient (Wildman–Crippen LogP) is 2.56. The number of hydrogen-bond acceptors (Lipinski definition) is 3. The van der Waals surface area contributed by atoms with Gasteiger partial charge in [-0.1, -0.05) is 25.1 Å². The van der Waals surface area contributed by atoms with Crippen molar-refractivity contribution in [3.63, 3.8) is 0 Å². The van der Waals surface area contributed by atoms with E-state index in [9.17, 15) is 4.79 Å². The van der Waals surface area contributed by atoms with E-state index in [4.69, 9.17) is 10.5 Å². The van der Waals surface area contributed by atoms with Gasteiger partial charge in [-0.25, -0.2) is 0 Å². The average Bonchev–Trinajstić information content (AvgIpc) is 2.52. The lowest BCUT2D eigenvalue weighted by Crippen LogP contribution is -2.41. The van der Waals surface area contributed by atoms with Gasteiger partial charge < -0.3 is 15.4 Å². The normalized spacial score (nSPS) is 21.9. The minimum Gasteiger partial charge on any atom is -0.483 e. The summed E-state index contributed by atoms with van der Waals surface area (Å²) in [7, 11) is 1.89. The summed E-state index contributed by atoms with van der Waals surface area (Å²) in [5.41, 5.74) is 6.60. The Kier molecular flexibility index (Phi) is 5.62. The second-order valence-electron chi connectivity index (χ2n) is 6.02. The van der Waals surface area contributed by atoms with Crippen molar-refractivity contribution in [2.45, 2.75) is 45.2 Å². The molecule has 1 aromatic rings. The molecule has 0 spiro atoms. The molecule has 2 rings (SSSR count). The molecule has 0 aromatic heterocycles. The van der Waals surface area contributed by atoms with Crippen molar-refractivity contribution in [3.8, 4) is 5.75 Å². The summed E-state index contributed by atoms with van der Waals surface area (Å²) in [6.45, 7) is 2.78. The van der Waals surface area contributed by atoms with Gasteiger partial charge in [0.15, 0.2) is 6.61 Å². The number of ether oxygens (including phenoxy) is 1. The molecule has 1 aliphatic carbocycles. The van der Waals surface area contributed by atoms with E-state index in [-0.39, 0.29) is 12.5 Å². The van der Waals surface area contributed by atoms with E-state index < -0.39 is 0 Å². The molecule has 0 radical (unpaired) electrons. The molecular weight excluding hydrogens is 264 g/mol. The average molecular weight is 290 g/mol. The molecule has 1 fully saturated rings. The fraction of sp³-hybridized carbons (Fsp3) is 0.588. The van der Waals surface area contributed by atoms with Gasteiger partial charge in [-0.05, 0) is 37.7 Å². The lowest BCUT2D eigenvalue weighted by Gasteiger charge is -2.33. The molecule has 0 aliphatic heterocycles. The van der Waals surface area contributed by atoms with Crippen LogP contribution in [0.5, 0.6) is 5.75 Å². The summed E-state index contributed by atoms with van der Waals surface area (Å²) in [4.78, 5) is 14.1. The number of para-hydroxylation sites is 1. The first-order chi connectivity index (χ1) is 10.1. The molecule has 116 valence electrons. The van der Waals surface area contributed by atoms with Crippen LogP contribution in [0.25, 0.3) is 0 Å². The Morgan fingerprint density at radius 2 is 1.95 bits per heavy atom. The molecule has 0 unspecified atom stereocenters. The number of hydrogen-bond donors (Lipinski definition) is 1. The van der Waals surface area contributed by atoms with Crippen LogP contribution >= 0.6 is 0 Å². The Balaban J connectivity index is 1.86. The van der Waals surface area contributed by atoms with Gasteiger partial charge in [0, 0.05) is 25.2 Å². The molecule has 0 atom stereocenters. The van der Waals surface area contributed by atoms with Gasteiger partial charge in [-0.2, -0.15) is 0 Å². The number of rotatable bonds is 5. The van der Waals surface area contributed by atoms with Gasteiger partial charge in [0.25, 0.3) is 5.91 Å². The monoisotopic (exact) mass is 290 g/mol. The van der Waals surface area contributed by atoms with Crippen molar-refractivity contribution in [2.24, 2.45) is 11.7 Å². The van der Waals surface area contributed by atoms with Crippen LogP contribution in [-0.2, 0) is 11.3 Å². The van der Waals surface area contributed by atoms with Gasteiger partial charge >= 0.3 is 0 Å². The highest BCUT2D eigenvalue weighted by Gasteiger charge is 2.24. The summed E-state index contributed by atoms with van der Waals surface area (Å²) >= 11 is 0. The van der Waals surface area contributed by atoms with E-state index in [2.05, 4.69) is 6.92 Å². The van der Waals surface area contributed by atoms with E-state index in [1.807, 2.05) is 36.2 Å². The first kappa shape index (κ1) is 15.8. The first-order valence-electron chi connectivity index (χ1n) is 7.78. The number of likely N-dealkylation sites (N-methyl/N-ethyl adjacent to an activating group) is 1. The van der Waals surface area contributed by atoms with Crippen molar-refractivity contribution in [2.75, 3.05) is 13.7 Å². The number of carbonyl (C=O) groups excluding carboxylic acids is 1. The zero-order valence-electron chi connectivity index (χ0n) is 13.0. The Labute approximate surface area is 127 Å². The molecule has 4 heteroatoms. The summed E-state index contributed by atoms with van der Waals surface area (Å²) < 4.78 is 5.65. The van der Waals surface area contributed by atoms with Crippen LogP contribution in [0.3, 0.4) is 0 Å². The number of nitrogens with zero attached hydrogens (tertiary/aromatic N) is 1. The maximum Gasteiger partial charge on any atom is 0.260 e. The van der Waals surface area contributed by atoms with Crippen molar-refractivity contribution >= 4 is 5.91 Å². The molecule has 1 saturated carbocycles. The molecule has 2 N–H and O–H groups in total. The molecule has 1 amide bonds. The third-order valence-electron chi connectivity index (χ3n) is 4.47. The zero-order valence-corrected chi connectivity index (χ0v) is 13.0. The maximum atomic E-state index is 12.3. The van der Waals surface area contributed by atoms with Crippen LogP contribution in [0.4, 0.5) is 0 Å². The third-order valence-corrected chi connectivity index (χ3v) is 4.47. The van der Waals surface area contributed by atoms with Crippen molar-refractivity contribution in [1.82, 2.24) is 4.90 Å². The first-order valence-corrected chi connectivity index (χ1v) is 7.78. The second kappa shape index (κ2) is 7.46. The second-order valence-corrected chi connectivity index (χ2v) is 6.02. The van der Waals surface area contributed by atoms with Crippen LogP contribution in [0.15, 0.2) is 24.3 Å². The number of amides is 1. The molecular formula is C17H26N2O2. The van der Waals surface area contributed by atoms with E-state index in [1.54, 1.807) is 0 Å². The maximum absolute atomic E-state index is 12.3. The molecule has 0 heterocycles. The zero-order chi connectivity index (χ0) is 15.2. The van der Waals surface area contributed by atoms with Crippen molar-refractivity contribution < 1.29 is 9.53 Å². The van der Waals surface area contributed by atoms with Gasteiger partial charge in [0.1, 0.15) is 5.75 Å². The number of benzene rings is 1. The van der Waals surface area contributed by atoms with E-state index in [0.717, 1.165) is 24.3 Å². The third kappa shape index (κ3) is 4.21. The lowest BCUT2D eigenvalue weighted by atomic mass is 9.87. The summed E-state index contributed by atoms with van der Waals surface area (Å²) in [6.07, 6.45) is 4.61. The summed E-state index contributed by atoms with van der Waals surface area (Å²) in [6, 6.07) is 7.96. The smallest absolute Gasteiger partial charge is 0.260 e. The Hall–Kier alpha value is -1.55. The number of carbonyl (C=O) groups is 1. The minimum atomic E-state index is 0.0429. The topological polar surface area (TPSA) is 55.6 Å². The van der Waals surface area contributed by atoms with Gasteiger partial charge in [-0.3, -0.25) is 4.79 Å². The van der Waals surface area contributed by atoms with Crippen molar-refractivity contribution in [1.29, 1.82) is 0 Å². The summed E-state index contributed by atoms with van der Waals surface area (Å²) in [5.74, 6) is 1.54. The Morgan fingerprint density at radius 3 is 2.62 bits per heavy atom. The largest absolute Gasteiger partial charge is 0.483 e. The standard InChI is InChI=1S/C17H26N2O2/c1-13-7-9-15(10-8-13)19(2)17(20)12-21-16-6-4-3-5-14(16)11-18/h3-6,13,15H,7-12,18H2,1-2H3. The van der Waals surface area contributed by atoms with Crippen LogP contribution in [-0.4, -0.2) is 30.5 Å². The fourth-order valence-corrected chi connectivity index (χ4v) is 2.89.